The first-order valence-corrected chi connectivity index (χ1v) is 12.7. The van der Waals surface area contributed by atoms with Crippen LogP contribution in [0.15, 0.2) is 50.2 Å². The molecule has 1 aromatic carbocycles. The van der Waals surface area contributed by atoms with Crippen molar-refractivity contribution in [3.63, 3.8) is 0 Å². The summed E-state index contributed by atoms with van der Waals surface area (Å²) in [7, 11) is 2.85. The fraction of sp³-hybridized carbons (Fsp3) is 0.364. The number of carbonyl (C=O) groups excluding carboxylic acids is 1. The molecule has 0 radical (unpaired) electrons. The minimum absolute atomic E-state index is 0.0250. The van der Waals surface area contributed by atoms with Gasteiger partial charge in [-0.1, -0.05) is 35.2 Å². The van der Waals surface area contributed by atoms with E-state index in [1.54, 1.807) is 28.8 Å². The molecule has 40 heavy (non-hydrogen) atoms. The Labute approximate surface area is 229 Å². The number of aliphatic hydroxyl groups is 4. The van der Waals surface area contributed by atoms with E-state index < -0.39 is 42.1 Å². The summed E-state index contributed by atoms with van der Waals surface area (Å²) in [6.45, 7) is -0.786. The van der Waals surface area contributed by atoms with Crippen LogP contribution >= 0.6 is 11.8 Å². The Morgan fingerprint density at radius 1 is 1.10 bits per heavy atom. The highest BCUT2D eigenvalue weighted by molar-refractivity contribution is 7.99. The van der Waals surface area contributed by atoms with Gasteiger partial charge in [-0.3, -0.25) is 23.3 Å². The van der Waals surface area contributed by atoms with E-state index in [4.69, 9.17) is 5.11 Å². The maximum atomic E-state index is 12.8. The lowest BCUT2D eigenvalue weighted by Crippen LogP contribution is -2.40. The first kappa shape index (κ1) is 28.8. The lowest BCUT2D eigenvalue weighted by atomic mass is 10.1. The van der Waals surface area contributed by atoms with Crippen molar-refractivity contribution in [2.75, 3.05) is 12.4 Å². The predicted molar refractivity (Wildman–Crippen MR) is 141 cm³/mol. The summed E-state index contributed by atoms with van der Waals surface area (Å²) in [6, 6.07) is 9.04. The molecule has 1 amide bonds. The van der Waals surface area contributed by atoms with E-state index in [-0.39, 0.29) is 23.5 Å². The van der Waals surface area contributed by atoms with Crippen LogP contribution in [0.25, 0.3) is 16.9 Å². The van der Waals surface area contributed by atoms with Crippen molar-refractivity contribution < 1.29 is 25.2 Å². The average molecular weight is 575 g/mol. The molecule has 18 heteroatoms. The van der Waals surface area contributed by atoms with Gasteiger partial charge in [-0.2, -0.15) is 5.10 Å². The number of nitrogens with zero attached hydrogens (tertiary/aromatic N) is 9. The number of aromatic nitrogens is 8. The molecule has 0 aliphatic heterocycles. The number of nitrogens with one attached hydrogen (secondary N) is 1. The van der Waals surface area contributed by atoms with Gasteiger partial charge in [0.05, 0.1) is 18.6 Å². The molecule has 3 heterocycles. The third-order valence-electron chi connectivity index (χ3n) is 5.80. The van der Waals surface area contributed by atoms with Crippen LogP contribution in [0.3, 0.4) is 0 Å². The molecule has 0 saturated heterocycles. The lowest BCUT2D eigenvalue weighted by molar-refractivity contribution is -0.118. The standard InChI is InChI=1S/C22H26N10O7S/c1-29-19-17(20(38)30(2)22(29)39)31(28-26-19)9-15-24-27-21(32(15)12-6-4-3-5-7-12)40-11-16(36)25-23-8-13(34)18(37)14(35)10-33/h3-8,13-14,18,33-35,37H,9-11H2,1-2H3,(H,25,36)/b23-8+/t13-,14-,18+/m0/s1. The van der Waals surface area contributed by atoms with E-state index in [2.05, 4.69) is 31.0 Å². The summed E-state index contributed by atoms with van der Waals surface area (Å²) in [5.74, 6) is -0.356. The molecule has 0 aliphatic carbocycles. The van der Waals surface area contributed by atoms with Crippen LogP contribution in [0.4, 0.5) is 0 Å². The van der Waals surface area contributed by atoms with Crippen LogP contribution in [0.2, 0.25) is 0 Å². The normalized spacial score (nSPS) is 14.1. The molecule has 17 nitrogen and oxygen atoms in total. The maximum Gasteiger partial charge on any atom is 0.332 e. The van der Waals surface area contributed by atoms with Crippen molar-refractivity contribution in [2.24, 2.45) is 19.2 Å². The van der Waals surface area contributed by atoms with Crippen molar-refractivity contribution in [1.82, 2.24) is 44.3 Å². The third-order valence-corrected chi connectivity index (χ3v) is 6.73. The number of aliphatic hydroxyl groups excluding tert-OH is 4. The van der Waals surface area contributed by atoms with Gasteiger partial charge in [0.15, 0.2) is 22.1 Å². The van der Waals surface area contributed by atoms with Crippen molar-refractivity contribution >= 4 is 35.0 Å². The SMILES string of the molecule is Cn1c(=O)c2c(nnn2Cc2nnc(SCC(=O)N/N=C/[C@H](O)[C@@H](O)[C@@H](O)CO)n2-c2ccccc2)n(C)c1=O. The Bertz CT molecular complexity index is 1650. The first-order chi connectivity index (χ1) is 19.1. The largest absolute Gasteiger partial charge is 0.394 e. The topological polar surface area (TPSA) is 228 Å². The van der Waals surface area contributed by atoms with Gasteiger partial charge >= 0.3 is 5.69 Å². The average Bonchev–Trinajstić information content (AvgIpc) is 3.57. The zero-order valence-corrected chi connectivity index (χ0v) is 22.1. The zero-order chi connectivity index (χ0) is 29.0. The smallest absolute Gasteiger partial charge is 0.332 e. The van der Waals surface area contributed by atoms with E-state index >= 15 is 0 Å². The molecule has 0 fully saturated rings. The molecule has 0 bridgehead atoms. The number of para-hydroxylation sites is 1. The lowest BCUT2D eigenvalue weighted by Gasteiger charge is -2.17. The van der Waals surface area contributed by atoms with E-state index in [0.717, 1.165) is 22.5 Å². The molecule has 0 aliphatic rings. The number of carbonyl (C=O) groups is 1. The number of hydrogen-bond acceptors (Lipinski definition) is 13. The molecular weight excluding hydrogens is 548 g/mol. The van der Waals surface area contributed by atoms with Crippen molar-refractivity contribution in [3.8, 4) is 5.69 Å². The molecule has 4 rings (SSSR count). The summed E-state index contributed by atoms with van der Waals surface area (Å²) < 4.78 is 5.18. The molecule has 212 valence electrons. The second-order valence-electron chi connectivity index (χ2n) is 8.53. The summed E-state index contributed by atoms with van der Waals surface area (Å²) in [5.41, 5.74) is 1.99. The summed E-state index contributed by atoms with van der Waals surface area (Å²) in [5, 5.41) is 57.9. The van der Waals surface area contributed by atoms with Gasteiger partial charge in [-0.15, -0.1) is 15.3 Å². The maximum absolute atomic E-state index is 12.8. The number of hydrogen-bond donors (Lipinski definition) is 5. The Hall–Kier alpha value is -4.23. The predicted octanol–water partition coefficient (Wildman–Crippen LogP) is -3.27. The van der Waals surface area contributed by atoms with Gasteiger partial charge in [-0.05, 0) is 12.1 Å². The summed E-state index contributed by atoms with van der Waals surface area (Å²) in [6.07, 6.45) is -4.06. The molecule has 3 aromatic heterocycles. The fourth-order valence-corrected chi connectivity index (χ4v) is 4.41. The van der Waals surface area contributed by atoms with Crippen LogP contribution in [0.5, 0.6) is 0 Å². The van der Waals surface area contributed by atoms with Gasteiger partial charge in [0.1, 0.15) is 24.9 Å². The number of amides is 1. The zero-order valence-electron chi connectivity index (χ0n) is 21.3. The van der Waals surface area contributed by atoms with E-state index in [9.17, 15) is 29.7 Å². The molecule has 3 atom stereocenters. The Morgan fingerprint density at radius 2 is 1.82 bits per heavy atom. The van der Waals surface area contributed by atoms with Gasteiger partial charge in [0.25, 0.3) is 11.5 Å². The van der Waals surface area contributed by atoms with Crippen LogP contribution < -0.4 is 16.7 Å². The minimum atomic E-state index is -1.69. The summed E-state index contributed by atoms with van der Waals surface area (Å²) >= 11 is 1.03. The van der Waals surface area contributed by atoms with Gasteiger partial charge < -0.3 is 20.4 Å². The van der Waals surface area contributed by atoms with Gasteiger partial charge in [0.2, 0.25) is 0 Å². The van der Waals surface area contributed by atoms with Crippen LogP contribution in [-0.4, -0.2) is 102 Å². The number of rotatable bonds is 11. The number of fused-ring (bicyclic) bond motifs is 1. The highest BCUT2D eigenvalue weighted by Gasteiger charge is 2.23. The number of aryl methyl sites for hydroxylation is 1. The Morgan fingerprint density at radius 3 is 2.52 bits per heavy atom. The molecule has 4 aromatic rings. The second-order valence-corrected chi connectivity index (χ2v) is 9.47. The number of benzene rings is 1. The number of hydrazone groups is 1. The first-order valence-electron chi connectivity index (χ1n) is 11.7. The highest BCUT2D eigenvalue weighted by atomic mass is 32.2. The highest BCUT2D eigenvalue weighted by Crippen LogP contribution is 2.22. The van der Waals surface area contributed by atoms with Crippen LogP contribution in [0.1, 0.15) is 5.82 Å². The molecular formula is C22H26N10O7S. The van der Waals surface area contributed by atoms with Crippen molar-refractivity contribution in [2.45, 2.75) is 30.0 Å². The number of thioether (sulfide) groups is 1. The quantitative estimate of drug-likeness (QED) is 0.0675. The Kier molecular flexibility index (Phi) is 8.85. The van der Waals surface area contributed by atoms with Crippen LogP contribution in [0, 0.1) is 0 Å². The van der Waals surface area contributed by atoms with E-state index in [0.29, 0.717) is 16.7 Å². The molecule has 0 spiro atoms. The summed E-state index contributed by atoms with van der Waals surface area (Å²) in [4.78, 5) is 37.4. The van der Waals surface area contributed by atoms with Crippen molar-refractivity contribution in [3.05, 3.63) is 57.0 Å². The van der Waals surface area contributed by atoms with Crippen molar-refractivity contribution in [1.29, 1.82) is 0 Å². The molecule has 0 saturated carbocycles. The van der Waals surface area contributed by atoms with Crippen LogP contribution in [-0.2, 0) is 25.4 Å². The van der Waals surface area contributed by atoms with Gasteiger partial charge in [0, 0.05) is 19.8 Å². The Balaban J connectivity index is 1.55. The van der Waals surface area contributed by atoms with E-state index in [1.807, 2.05) is 6.07 Å². The molecule has 5 N–H and O–H groups in total. The third kappa shape index (κ3) is 5.84. The monoisotopic (exact) mass is 574 g/mol. The van der Waals surface area contributed by atoms with Gasteiger partial charge in [-0.25, -0.2) is 14.9 Å². The van der Waals surface area contributed by atoms with E-state index in [1.165, 1.54) is 23.3 Å². The minimum Gasteiger partial charge on any atom is -0.394 e. The molecule has 0 unspecified atom stereocenters. The fourth-order valence-electron chi connectivity index (χ4n) is 3.65. The second kappa shape index (κ2) is 12.3.